The van der Waals surface area contributed by atoms with Crippen LogP contribution in [0.3, 0.4) is 0 Å². The lowest BCUT2D eigenvalue weighted by Crippen LogP contribution is -1.71. The Kier molecular flexibility index (Phi) is 4.38. The highest BCUT2D eigenvalue weighted by Gasteiger charge is 2.04. The predicted molar refractivity (Wildman–Crippen MR) is 39.3 cm³/mol. The highest BCUT2D eigenvalue weighted by molar-refractivity contribution is 7.57. The van der Waals surface area contributed by atoms with Crippen molar-refractivity contribution < 1.29 is 14.4 Å². The first kappa shape index (κ1) is 9.71. The largest absolute Gasteiger partial charge is 0.400 e. The first-order chi connectivity index (χ1) is 4.56. The average molecular weight is 162 g/mol. The molecule has 0 bridgehead atoms. The van der Waals surface area contributed by atoms with Crippen LogP contribution in [0.25, 0.3) is 0 Å². The van der Waals surface area contributed by atoms with Crippen molar-refractivity contribution in [3.63, 3.8) is 0 Å². The van der Waals surface area contributed by atoms with Crippen LogP contribution in [0.1, 0.15) is 26.2 Å². The summed E-state index contributed by atoms with van der Waals surface area (Å²) in [5.41, 5.74) is 1.87. The number of hydrogen-bond donors (Lipinski definition) is 2. The molecule has 0 amide bonds. The van der Waals surface area contributed by atoms with Crippen molar-refractivity contribution in [2.24, 2.45) is 0 Å². The van der Waals surface area contributed by atoms with Gasteiger partial charge in [-0.3, -0.25) is 0 Å². The fourth-order valence-electron chi connectivity index (χ4n) is 0.424. The van der Waals surface area contributed by atoms with E-state index in [-0.39, 0.29) is 0 Å². The quantitative estimate of drug-likeness (QED) is 0.365. The van der Waals surface area contributed by atoms with E-state index in [1.807, 2.05) is 12.6 Å². The van der Waals surface area contributed by atoms with Crippen LogP contribution in [0.5, 0.6) is 0 Å². The maximum absolute atomic E-state index is 10.1. The lowest BCUT2D eigenvalue weighted by Gasteiger charge is -1.88. The number of hydrogen-bond acceptors (Lipinski definition) is 1. The second-order valence-electron chi connectivity index (χ2n) is 1.94. The molecule has 0 heterocycles. The molecule has 10 heavy (non-hydrogen) atoms. The average Bonchev–Trinajstić information content (AvgIpc) is 1.78. The third kappa shape index (κ3) is 7.71. The molecule has 0 aliphatic heterocycles. The lowest BCUT2D eigenvalue weighted by molar-refractivity contribution is 0.388. The standard InChI is InChI=1S/C6H11O3P/c1-2-3-4-5-6-10(7,8)9/h2-4H2,1H3,(H2,7,8,9). The van der Waals surface area contributed by atoms with Crippen molar-refractivity contribution in [2.45, 2.75) is 26.2 Å². The first-order valence-electron chi connectivity index (χ1n) is 3.12. The molecule has 0 aromatic heterocycles. The highest BCUT2D eigenvalue weighted by Crippen LogP contribution is 2.31. The third-order valence-electron chi connectivity index (χ3n) is 0.880. The smallest absolute Gasteiger partial charge is 0.315 e. The zero-order valence-corrected chi connectivity index (χ0v) is 6.77. The fourth-order valence-corrected chi connectivity index (χ4v) is 0.742. The van der Waals surface area contributed by atoms with Gasteiger partial charge in [-0.15, -0.1) is 0 Å². The van der Waals surface area contributed by atoms with E-state index in [9.17, 15) is 4.57 Å². The summed E-state index contributed by atoms with van der Waals surface area (Å²) < 4.78 is 10.1. The second kappa shape index (κ2) is 4.51. The van der Waals surface area contributed by atoms with Crippen molar-refractivity contribution in [1.82, 2.24) is 0 Å². The number of rotatable bonds is 2. The van der Waals surface area contributed by atoms with Crippen molar-refractivity contribution in [1.29, 1.82) is 0 Å². The Morgan fingerprint density at radius 1 is 1.50 bits per heavy atom. The minimum absolute atomic E-state index is 0.571. The Hall–Kier alpha value is -0.290. The highest BCUT2D eigenvalue weighted by atomic mass is 31.2. The van der Waals surface area contributed by atoms with E-state index < -0.39 is 7.60 Å². The van der Waals surface area contributed by atoms with E-state index in [4.69, 9.17) is 9.79 Å². The summed E-state index contributed by atoms with van der Waals surface area (Å²) in [6, 6.07) is 0. The van der Waals surface area contributed by atoms with Gasteiger partial charge in [0.2, 0.25) is 0 Å². The van der Waals surface area contributed by atoms with Gasteiger partial charge in [0, 0.05) is 12.1 Å². The van der Waals surface area contributed by atoms with E-state index in [2.05, 4.69) is 5.92 Å². The zero-order valence-electron chi connectivity index (χ0n) is 5.87. The Morgan fingerprint density at radius 3 is 2.50 bits per heavy atom. The molecule has 0 aromatic rings. The Bertz CT molecular complexity index is 183. The Balaban J connectivity index is 3.60. The van der Waals surface area contributed by atoms with Gasteiger partial charge in [0.1, 0.15) is 0 Å². The fraction of sp³-hybridized carbons (Fsp3) is 0.667. The molecule has 0 atom stereocenters. The van der Waals surface area contributed by atoms with Crippen LogP contribution in [-0.2, 0) is 4.57 Å². The van der Waals surface area contributed by atoms with E-state index in [0.717, 1.165) is 12.8 Å². The topological polar surface area (TPSA) is 57.5 Å². The van der Waals surface area contributed by atoms with Gasteiger partial charge in [0.25, 0.3) is 0 Å². The summed E-state index contributed by atoms with van der Waals surface area (Å²) in [6.45, 7) is 2.00. The molecule has 0 spiro atoms. The van der Waals surface area contributed by atoms with Crippen molar-refractivity contribution in [2.75, 3.05) is 0 Å². The summed E-state index contributed by atoms with van der Waals surface area (Å²) in [7, 11) is -4.07. The Morgan fingerprint density at radius 2 is 2.10 bits per heavy atom. The van der Waals surface area contributed by atoms with Crippen LogP contribution >= 0.6 is 7.60 Å². The van der Waals surface area contributed by atoms with Gasteiger partial charge in [-0.05, 0) is 6.42 Å². The zero-order chi connectivity index (χ0) is 8.04. The van der Waals surface area contributed by atoms with Crippen LogP contribution in [0.15, 0.2) is 0 Å². The molecule has 0 saturated carbocycles. The van der Waals surface area contributed by atoms with Crippen molar-refractivity contribution in [3.05, 3.63) is 0 Å². The van der Waals surface area contributed by atoms with Crippen LogP contribution in [-0.4, -0.2) is 9.79 Å². The van der Waals surface area contributed by atoms with Gasteiger partial charge in [0.15, 0.2) is 0 Å². The van der Waals surface area contributed by atoms with Gasteiger partial charge in [-0.1, -0.05) is 19.3 Å². The molecule has 4 heteroatoms. The molecule has 0 aliphatic carbocycles. The van der Waals surface area contributed by atoms with Gasteiger partial charge in [0.05, 0.1) is 0 Å². The minimum Gasteiger partial charge on any atom is -0.315 e. The minimum atomic E-state index is -4.07. The molecular weight excluding hydrogens is 151 g/mol. The molecule has 0 aliphatic rings. The van der Waals surface area contributed by atoms with E-state index in [0.29, 0.717) is 6.42 Å². The molecular formula is C6H11O3P. The monoisotopic (exact) mass is 162 g/mol. The van der Waals surface area contributed by atoms with Crippen LogP contribution in [0, 0.1) is 11.6 Å². The van der Waals surface area contributed by atoms with Crippen LogP contribution < -0.4 is 0 Å². The summed E-state index contributed by atoms with van der Waals surface area (Å²) in [5, 5.41) is 0. The SMILES string of the molecule is CCCCC#CP(=O)(O)O. The van der Waals surface area contributed by atoms with E-state index >= 15 is 0 Å². The predicted octanol–water partition coefficient (Wildman–Crippen LogP) is 1.32. The molecule has 0 rings (SSSR count). The molecule has 0 unspecified atom stereocenters. The lowest BCUT2D eigenvalue weighted by atomic mass is 10.3. The molecule has 2 N–H and O–H groups in total. The molecule has 0 aromatic carbocycles. The maximum atomic E-state index is 10.1. The normalized spacial score (nSPS) is 10.3. The number of unbranched alkanes of at least 4 members (excludes halogenated alkanes) is 2. The second-order valence-corrected chi connectivity index (χ2v) is 3.25. The molecule has 0 fully saturated rings. The molecule has 0 saturated heterocycles. The van der Waals surface area contributed by atoms with Gasteiger partial charge in [-0.25, -0.2) is 4.57 Å². The molecule has 3 nitrogen and oxygen atoms in total. The van der Waals surface area contributed by atoms with Crippen molar-refractivity contribution in [3.8, 4) is 11.6 Å². The summed E-state index contributed by atoms with van der Waals surface area (Å²) in [6.07, 6.45) is 2.46. The third-order valence-corrected chi connectivity index (χ3v) is 1.33. The summed E-state index contributed by atoms with van der Waals surface area (Å²) >= 11 is 0. The van der Waals surface area contributed by atoms with E-state index in [1.165, 1.54) is 0 Å². The van der Waals surface area contributed by atoms with Gasteiger partial charge in [-0.2, -0.15) is 0 Å². The maximum Gasteiger partial charge on any atom is 0.400 e. The first-order valence-corrected chi connectivity index (χ1v) is 4.73. The molecule has 58 valence electrons. The van der Waals surface area contributed by atoms with Crippen LogP contribution in [0.4, 0.5) is 0 Å². The van der Waals surface area contributed by atoms with E-state index in [1.54, 1.807) is 0 Å². The summed E-state index contributed by atoms with van der Waals surface area (Å²) in [4.78, 5) is 16.5. The van der Waals surface area contributed by atoms with Crippen LogP contribution in [0.2, 0.25) is 0 Å². The molecule has 0 radical (unpaired) electrons. The summed E-state index contributed by atoms with van der Waals surface area (Å²) in [5.74, 6) is 2.41. The van der Waals surface area contributed by atoms with Gasteiger partial charge >= 0.3 is 7.60 Å². The Labute approximate surface area is 60.6 Å². The van der Waals surface area contributed by atoms with Crippen molar-refractivity contribution >= 4 is 7.60 Å². The van der Waals surface area contributed by atoms with Gasteiger partial charge < -0.3 is 9.79 Å².